The van der Waals surface area contributed by atoms with Crippen molar-refractivity contribution in [1.82, 2.24) is 0 Å². The number of hydrogen-bond donors (Lipinski definition) is 0. The van der Waals surface area contributed by atoms with E-state index in [1.807, 2.05) is 0 Å². The van der Waals surface area contributed by atoms with Gasteiger partial charge in [-0.2, -0.15) is 35.4 Å². The number of unbranched alkanes of at least 4 members (excludes halogenated alkanes) is 2. The molecule has 21 heavy (non-hydrogen) atoms. The third-order valence-corrected chi connectivity index (χ3v) is 3.10. The molecule has 0 amide bonds. The summed E-state index contributed by atoms with van der Waals surface area (Å²) in [7, 11) is 0. The number of rotatable bonds is 6. The van der Waals surface area contributed by atoms with Gasteiger partial charge >= 0.3 is 26.2 Å². The Morgan fingerprint density at radius 1 is 0.619 bits per heavy atom. The van der Waals surface area contributed by atoms with E-state index >= 15 is 0 Å². The topological polar surface area (TPSA) is 0 Å². The predicted octanol–water partition coefficient (Wildman–Crippen LogP) is -0.498. The van der Waals surface area contributed by atoms with Crippen molar-refractivity contribution in [2.45, 2.75) is 52.4 Å². The second-order valence-electron chi connectivity index (χ2n) is 4.79. The summed E-state index contributed by atoms with van der Waals surface area (Å²) in [6, 6.07) is 17.2. The van der Waals surface area contributed by atoms with Crippen molar-refractivity contribution in [2.24, 2.45) is 0 Å². The number of aryl methyl sites for hydroxylation is 2. The molecule has 0 aliphatic rings. The Morgan fingerprint density at radius 3 is 1.14 bits per heavy atom. The second-order valence-corrected chi connectivity index (χ2v) is 4.79. The molecular formula is C18H26Cl2Zr-2. The zero-order valence-electron chi connectivity index (χ0n) is 13.1. The maximum absolute atomic E-state index is 2.23. The number of halogens is 2. The van der Waals surface area contributed by atoms with E-state index in [9.17, 15) is 0 Å². The molecule has 0 saturated carbocycles. The Labute approximate surface area is 162 Å². The first-order valence-electron chi connectivity index (χ1n) is 7.28. The van der Waals surface area contributed by atoms with Crippen LogP contribution in [0.1, 0.15) is 50.7 Å². The van der Waals surface area contributed by atoms with Crippen LogP contribution in [0.5, 0.6) is 0 Å². The molecule has 3 heteroatoms. The Kier molecular flexibility index (Phi) is 22.6. The van der Waals surface area contributed by atoms with E-state index in [1.165, 1.54) is 49.7 Å². The van der Waals surface area contributed by atoms with Gasteiger partial charge < -0.3 is 24.8 Å². The van der Waals surface area contributed by atoms with Crippen molar-refractivity contribution >= 4 is 0 Å². The molecule has 0 aliphatic carbocycles. The zero-order chi connectivity index (χ0) is 13.1. The van der Waals surface area contributed by atoms with Crippen molar-refractivity contribution in [1.29, 1.82) is 0 Å². The van der Waals surface area contributed by atoms with Gasteiger partial charge in [-0.1, -0.05) is 52.4 Å². The summed E-state index contributed by atoms with van der Waals surface area (Å²) in [5.74, 6) is 0. The average molecular weight is 405 g/mol. The Bertz CT molecular complexity index is 328. The van der Waals surface area contributed by atoms with Gasteiger partial charge in [0.15, 0.2) is 0 Å². The summed E-state index contributed by atoms with van der Waals surface area (Å²) in [6.45, 7) is 4.45. The Balaban J connectivity index is -0.000000270. The standard InChI is InChI=1S/2C9H13.2ClH.Zr/c2*1-2-3-6-9-7-4-5-8-9;;;/h2*4-5,7-8H,2-3,6H2,1H3;2*1H;/q2*-1;;;+2/p-2. The van der Waals surface area contributed by atoms with Crippen molar-refractivity contribution in [2.75, 3.05) is 0 Å². The van der Waals surface area contributed by atoms with Crippen molar-refractivity contribution in [3.05, 3.63) is 59.7 Å². The molecule has 2 rings (SSSR count). The van der Waals surface area contributed by atoms with E-state index in [4.69, 9.17) is 0 Å². The van der Waals surface area contributed by atoms with Crippen LogP contribution < -0.4 is 24.8 Å². The van der Waals surface area contributed by atoms with Crippen LogP contribution in [0, 0.1) is 0 Å². The normalized spacial score (nSPS) is 8.48. The van der Waals surface area contributed by atoms with Gasteiger partial charge in [0.05, 0.1) is 0 Å². The molecule has 118 valence electrons. The van der Waals surface area contributed by atoms with Crippen LogP contribution in [-0.2, 0) is 39.0 Å². The van der Waals surface area contributed by atoms with Crippen LogP contribution in [0.3, 0.4) is 0 Å². The Hall–Kier alpha value is 0.163. The molecule has 0 spiro atoms. The van der Waals surface area contributed by atoms with Gasteiger partial charge in [0.1, 0.15) is 0 Å². The van der Waals surface area contributed by atoms with E-state index < -0.39 is 0 Å². The summed E-state index contributed by atoms with van der Waals surface area (Å²) >= 11 is 0. The van der Waals surface area contributed by atoms with Gasteiger partial charge in [0.25, 0.3) is 0 Å². The minimum atomic E-state index is 0. The van der Waals surface area contributed by atoms with Crippen molar-refractivity contribution in [3.8, 4) is 0 Å². The fourth-order valence-electron chi connectivity index (χ4n) is 1.92. The molecule has 0 nitrogen and oxygen atoms in total. The van der Waals surface area contributed by atoms with Crippen LogP contribution in [-0.4, -0.2) is 0 Å². The van der Waals surface area contributed by atoms with Crippen LogP contribution in [0.25, 0.3) is 0 Å². The van der Waals surface area contributed by atoms with Gasteiger partial charge in [0.2, 0.25) is 0 Å². The molecule has 0 N–H and O–H groups in total. The number of hydrogen-bond acceptors (Lipinski definition) is 0. The minimum Gasteiger partial charge on any atom is -1.00 e. The third kappa shape index (κ3) is 13.5. The van der Waals surface area contributed by atoms with Crippen LogP contribution >= 0.6 is 0 Å². The fourth-order valence-corrected chi connectivity index (χ4v) is 1.92. The molecule has 0 saturated heterocycles. The summed E-state index contributed by atoms with van der Waals surface area (Å²) in [5, 5.41) is 0. The molecule has 0 unspecified atom stereocenters. The van der Waals surface area contributed by atoms with Gasteiger partial charge in [-0.05, 0) is 0 Å². The third-order valence-electron chi connectivity index (χ3n) is 3.10. The van der Waals surface area contributed by atoms with E-state index in [0.717, 1.165) is 0 Å². The zero-order valence-corrected chi connectivity index (χ0v) is 17.1. The summed E-state index contributed by atoms with van der Waals surface area (Å²) in [5.41, 5.74) is 2.97. The Morgan fingerprint density at radius 2 is 0.905 bits per heavy atom. The largest absolute Gasteiger partial charge is 2.00 e. The molecule has 0 atom stereocenters. The first-order chi connectivity index (χ1) is 8.86. The molecule has 0 fully saturated rings. The quantitative estimate of drug-likeness (QED) is 0.570. The molecule has 0 bridgehead atoms. The summed E-state index contributed by atoms with van der Waals surface area (Å²) in [4.78, 5) is 0. The predicted molar refractivity (Wildman–Crippen MR) is 81.3 cm³/mol. The first kappa shape index (κ1) is 26.1. The van der Waals surface area contributed by atoms with Gasteiger partial charge in [0, 0.05) is 0 Å². The summed E-state index contributed by atoms with van der Waals surface area (Å²) < 4.78 is 0. The van der Waals surface area contributed by atoms with Crippen LogP contribution in [0.4, 0.5) is 0 Å². The molecule has 0 heterocycles. The van der Waals surface area contributed by atoms with Crippen molar-refractivity contribution < 1.29 is 51.0 Å². The molecule has 2 aromatic rings. The average Bonchev–Trinajstić information content (AvgIpc) is 3.07. The van der Waals surface area contributed by atoms with E-state index in [2.05, 4.69) is 62.4 Å². The smallest absolute Gasteiger partial charge is 1.00 e. The van der Waals surface area contributed by atoms with Gasteiger partial charge in [-0.3, -0.25) is 0 Å². The van der Waals surface area contributed by atoms with Crippen molar-refractivity contribution in [3.63, 3.8) is 0 Å². The fraction of sp³-hybridized carbons (Fsp3) is 0.444. The van der Waals surface area contributed by atoms with E-state index in [0.29, 0.717) is 0 Å². The molecule has 2 aromatic carbocycles. The SMILES string of the molecule is CCCC[c-]1cccc1.CCCC[c-]1cccc1.[Cl-].[Cl-].[Zr+2]. The molecule has 0 radical (unpaired) electrons. The molecule has 0 aromatic heterocycles. The monoisotopic (exact) mass is 402 g/mol. The maximum Gasteiger partial charge on any atom is 2.00 e. The van der Waals surface area contributed by atoms with Crippen LogP contribution in [0.15, 0.2) is 48.5 Å². The maximum atomic E-state index is 2.23. The van der Waals surface area contributed by atoms with Crippen LogP contribution in [0.2, 0.25) is 0 Å². The van der Waals surface area contributed by atoms with E-state index in [-0.39, 0.29) is 51.0 Å². The second kappa shape index (κ2) is 18.2. The molecule has 0 aliphatic heterocycles. The molecular weight excluding hydrogens is 378 g/mol. The first-order valence-corrected chi connectivity index (χ1v) is 7.28. The summed E-state index contributed by atoms with van der Waals surface area (Å²) in [6.07, 6.45) is 7.75. The van der Waals surface area contributed by atoms with E-state index in [1.54, 1.807) is 0 Å². The van der Waals surface area contributed by atoms with Gasteiger partial charge in [-0.25, -0.2) is 24.3 Å². The minimum absolute atomic E-state index is 0. The van der Waals surface area contributed by atoms with Gasteiger partial charge in [-0.15, -0.1) is 0 Å².